The van der Waals surface area contributed by atoms with Crippen LogP contribution in [0.1, 0.15) is 21.5 Å². The van der Waals surface area contributed by atoms with Crippen LogP contribution in [0.15, 0.2) is 51.7 Å². The fourth-order valence-electron chi connectivity index (χ4n) is 2.61. The maximum Gasteiger partial charge on any atom is 0.336 e. The maximum absolute atomic E-state index is 12.3. The molecule has 3 aromatic rings. The van der Waals surface area contributed by atoms with E-state index in [1.54, 1.807) is 26.0 Å². The number of carbonyl (C=O) groups excluding carboxylic acids is 1. The summed E-state index contributed by atoms with van der Waals surface area (Å²) in [5.74, 6) is -0.0277. The Kier molecular flexibility index (Phi) is 4.53. The number of ether oxygens (including phenoxy) is 1. The predicted molar refractivity (Wildman–Crippen MR) is 94.9 cm³/mol. The van der Waals surface area contributed by atoms with Crippen molar-refractivity contribution >= 4 is 22.4 Å². The van der Waals surface area contributed by atoms with Crippen LogP contribution in [0, 0.1) is 24.0 Å². The summed E-state index contributed by atoms with van der Waals surface area (Å²) >= 11 is 0. The van der Waals surface area contributed by atoms with Crippen LogP contribution in [0.5, 0.6) is 5.75 Å². The Hall–Kier alpha value is -3.48. The summed E-state index contributed by atoms with van der Waals surface area (Å²) < 4.78 is 10.6. The Morgan fingerprint density at radius 1 is 1.12 bits per heavy atom. The zero-order valence-electron chi connectivity index (χ0n) is 14.1. The molecule has 0 radical (unpaired) electrons. The van der Waals surface area contributed by atoms with Crippen molar-refractivity contribution in [3.8, 4) is 5.75 Å². The summed E-state index contributed by atoms with van der Waals surface area (Å²) in [6.07, 6.45) is 0. The van der Waals surface area contributed by atoms with Crippen molar-refractivity contribution in [2.24, 2.45) is 0 Å². The first kappa shape index (κ1) is 17.3. The molecule has 0 atom stereocenters. The molecule has 0 aliphatic heterocycles. The van der Waals surface area contributed by atoms with Crippen molar-refractivity contribution in [1.29, 1.82) is 0 Å². The van der Waals surface area contributed by atoms with E-state index in [2.05, 4.69) is 0 Å². The highest BCUT2D eigenvalue weighted by atomic mass is 16.6. The molecule has 0 amide bonds. The van der Waals surface area contributed by atoms with E-state index in [1.807, 2.05) is 0 Å². The fraction of sp³-hybridized carbons (Fsp3) is 0.158. The average Bonchev–Trinajstić information content (AvgIpc) is 2.59. The lowest BCUT2D eigenvalue weighted by atomic mass is 10.1. The summed E-state index contributed by atoms with van der Waals surface area (Å²) in [5.41, 5.74) is 1.25. The highest BCUT2D eigenvalue weighted by Gasteiger charge is 2.15. The predicted octanol–water partition coefficient (Wildman–Crippen LogP) is 3.58. The minimum absolute atomic E-state index is 0.112. The second-order valence-corrected chi connectivity index (χ2v) is 5.88. The van der Waals surface area contributed by atoms with Crippen molar-refractivity contribution in [2.75, 3.05) is 6.61 Å². The van der Waals surface area contributed by atoms with E-state index in [0.717, 1.165) is 10.9 Å². The monoisotopic (exact) mass is 353 g/mol. The third kappa shape index (κ3) is 3.46. The molecule has 26 heavy (non-hydrogen) atoms. The molecule has 0 aliphatic rings. The number of aryl methyl sites for hydroxylation is 2. The summed E-state index contributed by atoms with van der Waals surface area (Å²) in [6, 6.07) is 10.6. The van der Waals surface area contributed by atoms with Gasteiger partial charge in [-0.1, -0.05) is 12.1 Å². The van der Waals surface area contributed by atoms with Gasteiger partial charge in [-0.05, 0) is 31.5 Å². The zero-order valence-corrected chi connectivity index (χ0v) is 14.1. The number of hydrogen-bond donors (Lipinski definition) is 0. The molecular formula is C19H15NO6. The summed E-state index contributed by atoms with van der Waals surface area (Å²) in [7, 11) is 0. The molecule has 0 N–H and O–H groups in total. The molecule has 7 heteroatoms. The van der Waals surface area contributed by atoms with Gasteiger partial charge in [0.25, 0.3) is 5.69 Å². The molecule has 1 aromatic heterocycles. The molecule has 0 aliphatic carbocycles. The van der Waals surface area contributed by atoms with E-state index in [1.165, 1.54) is 30.3 Å². The Labute approximate surface area is 148 Å². The van der Waals surface area contributed by atoms with Gasteiger partial charge in [0.1, 0.15) is 11.3 Å². The molecule has 0 saturated heterocycles. The Morgan fingerprint density at radius 2 is 1.88 bits per heavy atom. The lowest BCUT2D eigenvalue weighted by Gasteiger charge is -2.07. The molecule has 0 unspecified atom stereocenters. The van der Waals surface area contributed by atoms with Gasteiger partial charge in [-0.25, -0.2) is 4.79 Å². The van der Waals surface area contributed by atoms with Crippen LogP contribution in [0.4, 0.5) is 5.69 Å². The highest BCUT2D eigenvalue weighted by molar-refractivity contribution is 5.98. The largest absolute Gasteiger partial charge is 0.485 e. The van der Waals surface area contributed by atoms with E-state index >= 15 is 0 Å². The molecule has 1 heterocycles. The van der Waals surface area contributed by atoms with Gasteiger partial charge < -0.3 is 9.15 Å². The number of nitrogens with zero attached hydrogens (tertiary/aromatic N) is 1. The van der Waals surface area contributed by atoms with E-state index in [-0.39, 0.29) is 23.6 Å². The van der Waals surface area contributed by atoms with Gasteiger partial charge in [-0.3, -0.25) is 14.9 Å². The number of benzene rings is 2. The smallest absolute Gasteiger partial charge is 0.336 e. The number of ketones is 1. The first-order chi connectivity index (χ1) is 12.3. The van der Waals surface area contributed by atoms with Gasteiger partial charge in [0.15, 0.2) is 12.4 Å². The summed E-state index contributed by atoms with van der Waals surface area (Å²) in [4.78, 5) is 34.2. The quantitative estimate of drug-likeness (QED) is 0.301. The van der Waals surface area contributed by atoms with Crippen LogP contribution in [0.25, 0.3) is 11.0 Å². The van der Waals surface area contributed by atoms with E-state index in [9.17, 15) is 19.7 Å². The van der Waals surface area contributed by atoms with Crippen LogP contribution >= 0.6 is 0 Å². The number of hydrogen-bond acceptors (Lipinski definition) is 6. The molecular weight excluding hydrogens is 338 g/mol. The molecule has 0 spiro atoms. The van der Waals surface area contributed by atoms with Gasteiger partial charge in [-0.15, -0.1) is 0 Å². The van der Waals surface area contributed by atoms with Gasteiger partial charge >= 0.3 is 5.63 Å². The molecule has 2 aromatic carbocycles. The van der Waals surface area contributed by atoms with Crippen molar-refractivity contribution in [2.45, 2.75) is 13.8 Å². The van der Waals surface area contributed by atoms with Crippen LogP contribution in [-0.2, 0) is 0 Å². The summed E-state index contributed by atoms with van der Waals surface area (Å²) in [5, 5.41) is 11.8. The maximum atomic E-state index is 12.3. The molecule has 0 fully saturated rings. The van der Waals surface area contributed by atoms with Crippen LogP contribution in [0.2, 0.25) is 0 Å². The lowest BCUT2D eigenvalue weighted by Crippen LogP contribution is -2.12. The first-order valence-corrected chi connectivity index (χ1v) is 7.81. The number of nitro benzene ring substituents is 1. The average molecular weight is 353 g/mol. The lowest BCUT2D eigenvalue weighted by molar-refractivity contribution is -0.385. The third-order valence-electron chi connectivity index (χ3n) is 4.02. The molecule has 132 valence electrons. The van der Waals surface area contributed by atoms with Crippen molar-refractivity contribution in [3.05, 3.63) is 79.7 Å². The van der Waals surface area contributed by atoms with Gasteiger partial charge in [0.2, 0.25) is 0 Å². The third-order valence-corrected chi connectivity index (χ3v) is 4.02. The second-order valence-electron chi connectivity index (χ2n) is 5.88. The zero-order chi connectivity index (χ0) is 18.8. The van der Waals surface area contributed by atoms with Crippen LogP contribution in [-0.4, -0.2) is 17.3 Å². The number of carbonyl (C=O) groups is 1. The van der Waals surface area contributed by atoms with Crippen molar-refractivity contribution in [1.82, 2.24) is 0 Å². The molecule has 0 bridgehead atoms. The normalized spacial score (nSPS) is 10.7. The molecule has 0 saturated carbocycles. The van der Waals surface area contributed by atoms with Crippen LogP contribution < -0.4 is 10.4 Å². The Morgan fingerprint density at radius 3 is 2.62 bits per heavy atom. The number of nitro groups is 1. The van der Waals surface area contributed by atoms with E-state index in [4.69, 9.17) is 9.15 Å². The summed E-state index contributed by atoms with van der Waals surface area (Å²) in [6.45, 7) is 3.11. The Balaban J connectivity index is 1.79. The first-order valence-electron chi connectivity index (χ1n) is 7.81. The fourth-order valence-corrected chi connectivity index (χ4v) is 2.61. The second kappa shape index (κ2) is 6.79. The van der Waals surface area contributed by atoms with E-state index in [0.29, 0.717) is 16.9 Å². The van der Waals surface area contributed by atoms with Crippen molar-refractivity contribution in [3.63, 3.8) is 0 Å². The Bertz CT molecular complexity index is 1080. The van der Waals surface area contributed by atoms with Crippen molar-refractivity contribution < 1.29 is 18.9 Å². The SMILES string of the molecule is Cc1ccc(C(=O)COc2ccc3c(C)cc(=O)oc3c2)cc1[N+](=O)[O-]. The number of rotatable bonds is 5. The topological polar surface area (TPSA) is 99.7 Å². The minimum atomic E-state index is -0.527. The molecule has 3 rings (SSSR count). The van der Waals surface area contributed by atoms with Gasteiger partial charge in [0.05, 0.1) is 4.92 Å². The number of fused-ring (bicyclic) bond motifs is 1. The van der Waals surface area contributed by atoms with E-state index < -0.39 is 10.5 Å². The number of Topliss-reactive ketones (excluding diaryl/α,β-unsaturated/α-hetero) is 1. The van der Waals surface area contributed by atoms with Gasteiger partial charge in [0, 0.05) is 34.7 Å². The molecule has 7 nitrogen and oxygen atoms in total. The van der Waals surface area contributed by atoms with Crippen LogP contribution in [0.3, 0.4) is 0 Å². The highest BCUT2D eigenvalue weighted by Crippen LogP contribution is 2.23. The van der Waals surface area contributed by atoms with Gasteiger partial charge in [-0.2, -0.15) is 0 Å². The minimum Gasteiger partial charge on any atom is -0.485 e. The standard InChI is InChI=1S/C19H15NO6/c1-11-3-4-13(8-16(11)20(23)24)17(21)10-25-14-5-6-15-12(2)7-19(22)26-18(15)9-14/h3-9H,10H2,1-2H3.